The van der Waals surface area contributed by atoms with Crippen LogP contribution in [0.15, 0.2) is 30.6 Å². The van der Waals surface area contributed by atoms with Crippen LogP contribution in [0.2, 0.25) is 0 Å². The Kier molecular flexibility index (Phi) is 3.99. The lowest BCUT2D eigenvalue weighted by Crippen LogP contribution is -2.47. The van der Waals surface area contributed by atoms with Gasteiger partial charge in [0.05, 0.1) is 11.0 Å². The van der Waals surface area contributed by atoms with E-state index in [1.165, 1.54) is 16.9 Å². The van der Waals surface area contributed by atoms with Gasteiger partial charge < -0.3 is 10.6 Å². The van der Waals surface area contributed by atoms with Gasteiger partial charge in [0.1, 0.15) is 0 Å². The van der Waals surface area contributed by atoms with Gasteiger partial charge in [0, 0.05) is 44.6 Å². The van der Waals surface area contributed by atoms with E-state index in [1.807, 2.05) is 0 Å². The number of benzene rings is 1. The SMILES string of the molecule is CC(c1ccc2nccnc2c1)N1CCN(c2nnc(N)s2)CC1. The standard InChI is InChI=1S/C16H19N7S/c1-11(12-2-3-13-14(10-12)19-5-4-18-13)22-6-8-23(9-7-22)16-21-20-15(17)24-16/h2-5,10-11H,6-9H2,1H3,(H2,17,20). The molecule has 3 aromatic rings. The Hall–Kier alpha value is -2.32. The Labute approximate surface area is 144 Å². The highest BCUT2D eigenvalue weighted by atomic mass is 32.1. The minimum absolute atomic E-state index is 0.345. The number of nitrogens with zero attached hydrogens (tertiary/aromatic N) is 6. The molecule has 24 heavy (non-hydrogen) atoms. The summed E-state index contributed by atoms with van der Waals surface area (Å²) >= 11 is 1.45. The van der Waals surface area contributed by atoms with Gasteiger partial charge in [-0.05, 0) is 24.6 Å². The highest BCUT2D eigenvalue weighted by molar-refractivity contribution is 7.18. The van der Waals surface area contributed by atoms with Gasteiger partial charge in [0.25, 0.3) is 0 Å². The normalized spacial score (nSPS) is 17.3. The quantitative estimate of drug-likeness (QED) is 0.779. The average Bonchev–Trinajstić information content (AvgIpc) is 3.07. The highest BCUT2D eigenvalue weighted by Gasteiger charge is 2.24. The number of nitrogen functional groups attached to an aromatic ring is 1. The molecule has 2 N–H and O–H groups in total. The van der Waals surface area contributed by atoms with Gasteiger partial charge >= 0.3 is 0 Å². The van der Waals surface area contributed by atoms with Crippen molar-refractivity contribution in [1.29, 1.82) is 0 Å². The third kappa shape index (κ3) is 2.90. The molecule has 4 rings (SSSR count). The Morgan fingerprint density at radius 2 is 1.79 bits per heavy atom. The van der Waals surface area contributed by atoms with E-state index < -0.39 is 0 Å². The van der Waals surface area contributed by atoms with E-state index in [0.717, 1.165) is 42.3 Å². The average molecular weight is 341 g/mol. The van der Waals surface area contributed by atoms with Gasteiger partial charge in [0.2, 0.25) is 10.3 Å². The Morgan fingerprint density at radius 1 is 1.04 bits per heavy atom. The Balaban J connectivity index is 1.46. The van der Waals surface area contributed by atoms with Crippen molar-refractivity contribution in [2.75, 3.05) is 36.8 Å². The second-order valence-electron chi connectivity index (χ2n) is 5.93. The molecule has 1 aromatic carbocycles. The number of aromatic nitrogens is 4. The van der Waals surface area contributed by atoms with Crippen LogP contribution in [0.1, 0.15) is 18.5 Å². The fourth-order valence-electron chi connectivity index (χ4n) is 3.11. The van der Waals surface area contributed by atoms with Gasteiger partial charge in [-0.2, -0.15) is 0 Å². The van der Waals surface area contributed by atoms with Gasteiger partial charge in [0.15, 0.2) is 0 Å². The number of hydrogen-bond donors (Lipinski definition) is 1. The molecular weight excluding hydrogens is 322 g/mol. The van der Waals surface area contributed by atoms with Crippen molar-refractivity contribution in [2.24, 2.45) is 0 Å². The van der Waals surface area contributed by atoms with E-state index in [-0.39, 0.29) is 0 Å². The number of fused-ring (bicyclic) bond motifs is 1. The monoisotopic (exact) mass is 341 g/mol. The lowest BCUT2D eigenvalue weighted by molar-refractivity contribution is 0.198. The molecule has 124 valence electrons. The molecule has 1 atom stereocenters. The zero-order chi connectivity index (χ0) is 16.5. The summed E-state index contributed by atoms with van der Waals surface area (Å²) in [4.78, 5) is 13.5. The van der Waals surface area contributed by atoms with Crippen molar-refractivity contribution in [1.82, 2.24) is 25.1 Å². The first-order valence-corrected chi connectivity index (χ1v) is 8.81. The number of hydrogen-bond acceptors (Lipinski definition) is 8. The van der Waals surface area contributed by atoms with Crippen molar-refractivity contribution in [3.05, 3.63) is 36.2 Å². The molecule has 1 fully saturated rings. The summed E-state index contributed by atoms with van der Waals surface area (Å²) in [6, 6.07) is 6.69. The van der Waals surface area contributed by atoms with Crippen LogP contribution in [0.3, 0.4) is 0 Å². The summed E-state index contributed by atoms with van der Waals surface area (Å²) < 4.78 is 0. The van der Waals surface area contributed by atoms with Crippen LogP contribution in [0.5, 0.6) is 0 Å². The fourth-order valence-corrected chi connectivity index (χ4v) is 3.77. The molecule has 2 aromatic heterocycles. The first-order valence-electron chi connectivity index (χ1n) is 7.99. The van der Waals surface area contributed by atoms with Crippen LogP contribution >= 0.6 is 11.3 Å². The molecular formula is C16H19N7S. The number of piperazine rings is 1. The Morgan fingerprint density at radius 3 is 2.50 bits per heavy atom. The maximum Gasteiger partial charge on any atom is 0.210 e. The van der Waals surface area contributed by atoms with Gasteiger partial charge in [-0.3, -0.25) is 14.9 Å². The number of rotatable bonds is 3. The summed E-state index contributed by atoms with van der Waals surface area (Å²) in [6.07, 6.45) is 3.47. The van der Waals surface area contributed by atoms with E-state index in [4.69, 9.17) is 5.73 Å². The largest absolute Gasteiger partial charge is 0.374 e. The molecule has 1 aliphatic rings. The van der Waals surface area contributed by atoms with Crippen molar-refractivity contribution >= 4 is 32.6 Å². The summed E-state index contributed by atoms with van der Waals surface area (Å²) in [5, 5.41) is 9.48. The molecule has 7 nitrogen and oxygen atoms in total. The van der Waals surface area contributed by atoms with Crippen LogP contribution in [0, 0.1) is 0 Å². The van der Waals surface area contributed by atoms with E-state index in [2.05, 4.69) is 55.1 Å². The predicted octanol–water partition coefficient (Wildman–Crippen LogP) is 1.95. The molecule has 0 saturated carbocycles. The first kappa shape index (κ1) is 15.2. The number of nitrogens with two attached hydrogens (primary N) is 1. The molecule has 0 radical (unpaired) electrons. The van der Waals surface area contributed by atoms with E-state index in [0.29, 0.717) is 11.2 Å². The van der Waals surface area contributed by atoms with E-state index in [1.54, 1.807) is 12.4 Å². The molecule has 1 saturated heterocycles. The second kappa shape index (κ2) is 6.29. The van der Waals surface area contributed by atoms with Gasteiger partial charge in [-0.15, -0.1) is 10.2 Å². The molecule has 8 heteroatoms. The lowest BCUT2D eigenvalue weighted by atomic mass is 10.1. The topological polar surface area (TPSA) is 84.1 Å². The molecule has 0 spiro atoms. The minimum atomic E-state index is 0.345. The third-order valence-corrected chi connectivity index (χ3v) is 5.35. The number of anilines is 2. The van der Waals surface area contributed by atoms with Crippen molar-refractivity contribution < 1.29 is 0 Å². The minimum Gasteiger partial charge on any atom is -0.374 e. The lowest BCUT2D eigenvalue weighted by Gasteiger charge is -2.38. The smallest absolute Gasteiger partial charge is 0.210 e. The third-order valence-electron chi connectivity index (χ3n) is 4.54. The van der Waals surface area contributed by atoms with Crippen LogP contribution < -0.4 is 10.6 Å². The maximum atomic E-state index is 5.68. The van der Waals surface area contributed by atoms with Crippen molar-refractivity contribution in [3.63, 3.8) is 0 Å². The first-order chi connectivity index (χ1) is 11.7. The van der Waals surface area contributed by atoms with Crippen molar-refractivity contribution in [3.8, 4) is 0 Å². The van der Waals surface area contributed by atoms with Crippen LogP contribution in [0.4, 0.5) is 10.3 Å². The maximum absolute atomic E-state index is 5.68. The summed E-state index contributed by atoms with van der Waals surface area (Å²) in [6.45, 7) is 6.09. The molecule has 1 unspecified atom stereocenters. The van der Waals surface area contributed by atoms with Gasteiger partial charge in [-0.1, -0.05) is 17.4 Å². The van der Waals surface area contributed by atoms with E-state index in [9.17, 15) is 0 Å². The van der Waals surface area contributed by atoms with Crippen LogP contribution in [-0.2, 0) is 0 Å². The summed E-state index contributed by atoms with van der Waals surface area (Å²) in [7, 11) is 0. The second-order valence-corrected chi connectivity index (χ2v) is 6.91. The molecule has 3 heterocycles. The van der Waals surface area contributed by atoms with Crippen LogP contribution in [0.25, 0.3) is 11.0 Å². The van der Waals surface area contributed by atoms with Crippen LogP contribution in [-0.4, -0.2) is 51.2 Å². The molecule has 1 aliphatic heterocycles. The highest BCUT2D eigenvalue weighted by Crippen LogP contribution is 2.27. The zero-order valence-corrected chi connectivity index (χ0v) is 14.3. The Bertz CT molecular complexity index is 841. The summed E-state index contributed by atoms with van der Waals surface area (Å²) in [5.74, 6) is 0. The predicted molar refractivity (Wildman–Crippen MR) is 96.1 cm³/mol. The molecule has 0 amide bonds. The summed E-state index contributed by atoms with van der Waals surface area (Å²) in [5.41, 5.74) is 8.84. The molecule has 0 bridgehead atoms. The zero-order valence-electron chi connectivity index (χ0n) is 13.5. The van der Waals surface area contributed by atoms with E-state index >= 15 is 0 Å². The van der Waals surface area contributed by atoms with Crippen molar-refractivity contribution in [2.45, 2.75) is 13.0 Å². The fraction of sp³-hybridized carbons (Fsp3) is 0.375. The molecule has 0 aliphatic carbocycles. The van der Waals surface area contributed by atoms with Gasteiger partial charge in [-0.25, -0.2) is 0 Å².